The molecule has 1 radical (unpaired) electrons. The summed E-state index contributed by atoms with van der Waals surface area (Å²) in [4.78, 5) is 14.3. The van der Waals surface area contributed by atoms with Crippen LogP contribution in [0.4, 0.5) is 4.79 Å². The first-order valence-electron chi connectivity index (χ1n) is 3.30. The van der Waals surface area contributed by atoms with E-state index in [9.17, 15) is 4.79 Å². The normalized spacial score (nSPS) is 9.08. The number of hydrogen-bond acceptors (Lipinski definition) is 4. The molecule has 12 heavy (non-hydrogen) atoms. The smallest absolute Gasteiger partial charge is 0.431 e. The van der Waals surface area contributed by atoms with Crippen molar-refractivity contribution in [2.75, 3.05) is 0 Å². The topological polar surface area (TPSA) is 48.4 Å². The lowest BCUT2D eigenvalue weighted by Gasteiger charge is -2.01. The lowest BCUT2D eigenvalue weighted by molar-refractivity contribution is 0.0768. The molecule has 1 aromatic heterocycles. The van der Waals surface area contributed by atoms with Crippen molar-refractivity contribution in [3.8, 4) is 0 Å². The van der Waals surface area contributed by atoms with E-state index in [1.54, 1.807) is 24.5 Å². The summed E-state index contributed by atoms with van der Waals surface area (Å²) in [5, 5.41) is 0. The van der Waals surface area contributed by atoms with Gasteiger partial charge in [0.2, 0.25) is 0 Å². The molecule has 0 amide bonds. The molecule has 0 aliphatic heterocycles. The second kappa shape index (κ2) is 4.33. The van der Waals surface area contributed by atoms with E-state index >= 15 is 0 Å². The summed E-state index contributed by atoms with van der Waals surface area (Å²) >= 11 is 0. The van der Waals surface area contributed by atoms with E-state index in [4.69, 9.17) is 0 Å². The van der Waals surface area contributed by atoms with Crippen LogP contribution in [0, 0.1) is 7.11 Å². The summed E-state index contributed by atoms with van der Waals surface area (Å²) in [6.45, 7) is 0.155. The van der Waals surface area contributed by atoms with Crippen molar-refractivity contribution in [1.82, 2.24) is 4.98 Å². The lowest BCUT2D eigenvalue weighted by atomic mass is 10.3. The van der Waals surface area contributed by atoms with Crippen molar-refractivity contribution in [3.63, 3.8) is 0 Å². The van der Waals surface area contributed by atoms with E-state index in [0.29, 0.717) is 0 Å². The standard InChI is InChI=1S/C8H8NO3/c1-11-8(10)12-6-7-3-2-4-9-5-7/h2-5H,1,6H2. The van der Waals surface area contributed by atoms with Crippen molar-refractivity contribution in [2.45, 2.75) is 6.61 Å². The van der Waals surface area contributed by atoms with E-state index < -0.39 is 6.16 Å². The average Bonchev–Trinajstić information content (AvgIpc) is 2.16. The number of pyridine rings is 1. The van der Waals surface area contributed by atoms with Crippen LogP contribution in [-0.4, -0.2) is 11.1 Å². The Labute approximate surface area is 70.1 Å². The monoisotopic (exact) mass is 166 g/mol. The van der Waals surface area contributed by atoms with Gasteiger partial charge in [0, 0.05) is 18.0 Å². The molecule has 0 aliphatic carbocycles. The minimum absolute atomic E-state index is 0.155. The van der Waals surface area contributed by atoms with Crippen molar-refractivity contribution in [3.05, 3.63) is 37.2 Å². The average molecular weight is 166 g/mol. The van der Waals surface area contributed by atoms with Crippen LogP contribution >= 0.6 is 0 Å². The molecule has 0 aromatic carbocycles. The van der Waals surface area contributed by atoms with Crippen LogP contribution in [0.5, 0.6) is 0 Å². The van der Waals surface area contributed by atoms with Gasteiger partial charge in [-0.3, -0.25) is 4.98 Å². The summed E-state index contributed by atoms with van der Waals surface area (Å²) in [7, 11) is 2.91. The maximum absolute atomic E-state index is 10.5. The zero-order valence-corrected chi connectivity index (χ0v) is 6.40. The first kappa shape index (κ1) is 8.52. The highest BCUT2D eigenvalue weighted by Gasteiger charge is 1.99. The van der Waals surface area contributed by atoms with Crippen LogP contribution in [0.15, 0.2) is 24.5 Å². The summed E-state index contributed by atoms with van der Waals surface area (Å²) in [6, 6.07) is 3.55. The van der Waals surface area contributed by atoms with Crippen LogP contribution < -0.4 is 0 Å². The molecule has 63 valence electrons. The Bertz CT molecular complexity index is 248. The number of nitrogens with zero attached hydrogens (tertiary/aromatic N) is 1. The molecule has 4 heteroatoms. The van der Waals surface area contributed by atoms with Gasteiger partial charge in [0.15, 0.2) is 0 Å². The number of carbonyl (C=O) groups excluding carboxylic acids is 1. The minimum atomic E-state index is -0.793. The zero-order valence-electron chi connectivity index (χ0n) is 6.40. The summed E-state index contributed by atoms with van der Waals surface area (Å²) in [5.74, 6) is 0. The van der Waals surface area contributed by atoms with E-state index in [1.807, 2.05) is 0 Å². The predicted octanol–water partition coefficient (Wildman–Crippen LogP) is 1.53. The fraction of sp³-hybridized carbons (Fsp3) is 0.125. The summed E-state index contributed by atoms with van der Waals surface area (Å²) in [6.07, 6.45) is 2.46. The zero-order chi connectivity index (χ0) is 8.81. The Balaban J connectivity index is 2.38. The molecular weight excluding hydrogens is 158 g/mol. The summed E-state index contributed by atoms with van der Waals surface area (Å²) < 4.78 is 8.65. The van der Waals surface area contributed by atoms with Gasteiger partial charge in [0.1, 0.15) is 13.7 Å². The van der Waals surface area contributed by atoms with Crippen molar-refractivity contribution >= 4 is 6.16 Å². The SMILES string of the molecule is [CH2]OC(=O)OCc1cccnc1. The van der Waals surface area contributed by atoms with Crippen molar-refractivity contribution in [2.24, 2.45) is 0 Å². The van der Waals surface area contributed by atoms with Gasteiger partial charge in [0.05, 0.1) is 0 Å². The first-order valence-corrected chi connectivity index (χ1v) is 3.30. The number of carbonyl (C=O) groups is 1. The fourth-order valence-electron chi connectivity index (χ4n) is 0.667. The van der Waals surface area contributed by atoms with Gasteiger partial charge in [-0.2, -0.15) is 0 Å². The number of rotatable bonds is 2. The van der Waals surface area contributed by atoms with Gasteiger partial charge in [-0.15, -0.1) is 0 Å². The number of hydrogen-bond donors (Lipinski definition) is 0. The van der Waals surface area contributed by atoms with Gasteiger partial charge in [-0.05, 0) is 6.07 Å². The molecule has 0 bridgehead atoms. The molecule has 0 aliphatic rings. The van der Waals surface area contributed by atoms with E-state index in [-0.39, 0.29) is 6.61 Å². The molecule has 1 rings (SSSR count). The molecule has 0 saturated carbocycles. The molecule has 4 nitrogen and oxygen atoms in total. The second-order valence-corrected chi connectivity index (χ2v) is 2.04. The molecule has 0 saturated heterocycles. The Morgan fingerprint density at radius 3 is 3.08 bits per heavy atom. The third-order valence-corrected chi connectivity index (χ3v) is 1.20. The molecule has 0 N–H and O–H groups in total. The molecule has 0 spiro atoms. The Morgan fingerprint density at radius 2 is 2.50 bits per heavy atom. The Kier molecular flexibility index (Phi) is 3.07. The van der Waals surface area contributed by atoms with Gasteiger partial charge in [0.25, 0.3) is 0 Å². The Morgan fingerprint density at radius 1 is 1.67 bits per heavy atom. The minimum Gasteiger partial charge on any atom is -0.431 e. The van der Waals surface area contributed by atoms with E-state index in [0.717, 1.165) is 5.56 Å². The number of aromatic nitrogens is 1. The molecule has 0 atom stereocenters. The highest BCUT2D eigenvalue weighted by molar-refractivity contribution is 5.59. The predicted molar refractivity (Wildman–Crippen MR) is 40.9 cm³/mol. The second-order valence-electron chi connectivity index (χ2n) is 2.04. The van der Waals surface area contributed by atoms with Crippen LogP contribution in [-0.2, 0) is 16.1 Å². The van der Waals surface area contributed by atoms with Gasteiger partial charge in [-0.25, -0.2) is 4.79 Å². The van der Waals surface area contributed by atoms with Crippen LogP contribution in [0.3, 0.4) is 0 Å². The van der Waals surface area contributed by atoms with Crippen molar-refractivity contribution in [1.29, 1.82) is 0 Å². The van der Waals surface area contributed by atoms with Crippen LogP contribution in [0.25, 0.3) is 0 Å². The largest absolute Gasteiger partial charge is 0.508 e. The highest BCUT2D eigenvalue weighted by atomic mass is 16.7. The fourth-order valence-corrected chi connectivity index (χ4v) is 0.667. The molecular formula is C8H8NO3. The van der Waals surface area contributed by atoms with E-state index in [1.165, 1.54) is 0 Å². The maximum atomic E-state index is 10.5. The number of ether oxygens (including phenoxy) is 2. The quantitative estimate of drug-likeness (QED) is 0.625. The maximum Gasteiger partial charge on any atom is 0.508 e. The lowest BCUT2D eigenvalue weighted by Crippen LogP contribution is -2.02. The highest BCUT2D eigenvalue weighted by Crippen LogP contribution is 1.98. The third-order valence-electron chi connectivity index (χ3n) is 1.20. The van der Waals surface area contributed by atoms with Gasteiger partial charge < -0.3 is 9.47 Å². The molecule has 1 heterocycles. The molecule has 0 unspecified atom stereocenters. The van der Waals surface area contributed by atoms with E-state index in [2.05, 4.69) is 21.6 Å². The third kappa shape index (κ3) is 2.57. The van der Waals surface area contributed by atoms with Gasteiger partial charge in [-0.1, -0.05) is 6.07 Å². The summed E-state index contributed by atoms with van der Waals surface area (Å²) in [5.41, 5.74) is 0.808. The first-order chi connectivity index (χ1) is 5.83. The van der Waals surface area contributed by atoms with Gasteiger partial charge >= 0.3 is 6.16 Å². The molecule has 1 aromatic rings. The van der Waals surface area contributed by atoms with Crippen LogP contribution in [0.1, 0.15) is 5.56 Å². The van der Waals surface area contributed by atoms with Crippen molar-refractivity contribution < 1.29 is 14.3 Å². The molecule has 0 fully saturated rings. The Hall–Kier alpha value is -1.58. The van der Waals surface area contributed by atoms with Crippen LogP contribution in [0.2, 0.25) is 0 Å².